The van der Waals surface area contributed by atoms with Gasteiger partial charge in [-0.2, -0.15) is 0 Å². The maximum atomic E-state index is 13.4. The lowest BCUT2D eigenvalue weighted by molar-refractivity contribution is 0.0988. The van der Waals surface area contributed by atoms with E-state index in [-0.39, 0.29) is 23.5 Å². The molecule has 0 saturated heterocycles. The Morgan fingerprint density at radius 1 is 1.22 bits per heavy atom. The second-order valence-electron chi connectivity index (χ2n) is 4.21. The molecule has 0 aliphatic carbocycles. The van der Waals surface area contributed by atoms with Crippen molar-refractivity contribution in [3.63, 3.8) is 0 Å². The molecule has 2 aromatic rings. The van der Waals surface area contributed by atoms with Crippen LogP contribution in [0.2, 0.25) is 0 Å². The number of aryl methyl sites for hydroxylation is 1. The number of benzene rings is 2. The van der Waals surface area contributed by atoms with Gasteiger partial charge in [0.25, 0.3) is 0 Å². The van der Waals surface area contributed by atoms with Crippen molar-refractivity contribution in [2.24, 2.45) is 0 Å². The third-order valence-electron chi connectivity index (χ3n) is 2.76. The summed E-state index contributed by atoms with van der Waals surface area (Å²) in [6.45, 7) is 1.87. The maximum absolute atomic E-state index is 13.4. The second kappa shape index (κ2) is 5.00. The van der Waals surface area contributed by atoms with Crippen LogP contribution in [0.1, 0.15) is 21.5 Å². The summed E-state index contributed by atoms with van der Waals surface area (Å²) in [4.78, 5) is 11.9. The van der Waals surface area contributed by atoms with Crippen LogP contribution in [-0.2, 0) is 6.42 Å². The van der Waals surface area contributed by atoms with E-state index in [1.165, 1.54) is 18.2 Å². The highest BCUT2D eigenvalue weighted by Gasteiger charge is 2.13. The van der Waals surface area contributed by atoms with E-state index in [2.05, 4.69) is 0 Å². The molecule has 2 rings (SSSR count). The van der Waals surface area contributed by atoms with Crippen LogP contribution in [0.4, 0.5) is 4.39 Å². The Labute approximate surface area is 105 Å². The van der Waals surface area contributed by atoms with Gasteiger partial charge in [0.15, 0.2) is 5.78 Å². The van der Waals surface area contributed by atoms with E-state index >= 15 is 0 Å². The second-order valence-corrected chi connectivity index (χ2v) is 4.21. The summed E-state index contributed by atoms with van der Waals surface area (Å²) in [5, 5.41) is 9.65. The first-order valence-electron chi connectivity index (χ1n) is 5.64. The first-order valence-corrected chi connectivity index (χ1v) is 5.64. The molecule has 18 heavy (non-hydrogen) atoms. The molecule has 92 valence electrons. The average Bonchev–Trinajstić information content (AvgIpc) is 2.34. The molecule has 0 atom stereocenters. The molecule has 0 radical (unpaired) electrons. The van der Waals surface area contributed by atoms with Crippen LogP contribution in [-0.4, -0.2) is 10.9 Å². The van der Waals surface area contributed by atoms with Gasteiger partial charge in [0.05, 0.1) is 5.56 Å². The zero-order valence-corrected chi connectivity index (χ0v) is 9.98. The SMILES string of the molecule is Cc1ccc(O)c(CC(=O)c2ccccc2F)c1. The van der Waals surface area contributed by atoms with Gasteiger partial charge in [-0.15, -0.1) is 0 Å². The van der Waals surface area contributed by atoms with Gasteiger partial charge in [0.1, 0.15) is 11.6 Å². The van der Waals surface area contributed by atoms with Gasteiger partial charge in [0, 0.05) is 12.0 Å². The van der Waals surface area contributed by atoms with Gasteiger partial charge in [-0.1, -0.05) is 29.8 Å². The largest absolute Gasteiger partial charge is 0.508 e. The van der Waals surface area contributed by atoms with Crippen molar-refractivity contribution in [3.05, 3.63) is 65.0 Å². The summed E-state index contributed by atoms with van der Waals surface area (Å²) < 4.78 is 13.4. The number of ketones is 1. The van der Waals surface area contributed by atoms with E-state index in [0.717, 1.165) is 5.56 Å². The number of phenolic OH excluding ortho intramolecular Hbond substituents is 1. The third kappa shape index (κ3) is 2.56. The molecule has 1 N–H and O–H groups in total. The van der Waals surface area contributed by atoms with Crippen molar-refractivity contribution in [1.29, 1.82) is 0 Å². The van der Waals surface area contributed by atoms with E-state index in [4.69, 9.17) is 0 Å². The molecule has 0 unspecified atom stereocenters. The van der Waals surface area contributed by atoms with Crippen LogP contribution in [0.3, 0.4) is 0 Å². The Balaban J connectivity index is 2.27. The minimum atomic E-state index is -0.533. The van der Waals surface area contributed by atoms with Crippen LogP contribution < -0.4 is 0 Å². The van der Waals surface area contributed by atoms with E-state index in [1.54, 1.807) is 24.3 Å². The number of phenols is 1. The van der Waals surface area contributed by atoms with Crippen LogP contribution >= 0.6 is 0 Å². The molecular weight excluding hydrogens is 231 g/mol. The lowest BCUT2D eigenvalue weighted by Crippen LogP contribution is -2.06. The molecule has 2 aromatic carbocycles. The Bertz CT molecular complexity index is 591. The minimum absolute atomic E-state index is 0.00551. The highest BCUT2D eigenvalue weighted by Crippen LogP contribution is 2.20. The minimum Gasteiger partial charge on any atom is -0.508 e. The molecule has 0 saturated carbocycles. The fourth-order valence-electron chi connectivity index (χ4n) is 1.81. The Morgan fingerprint density at radius 2 is 1.94 bits per heavy atom. The molecule has 3 heteroatoms. The fourth-order valence-corrected chi connectivity index (χ4v) is 1.81. The number of hydrogen-bond acceptors (Lipinski definition) is 2. The topological polar surface area (TPSA) is 37.3 Å². The number of hydrogen-bond donors (Lipinski definition) is 1. The predicted molar refractivity (Wildman–Crippen MR) is 67.3 cm³/mol. The monoisotopic (exact) mass is 244 g/mol. The molecule has 2 nitrogen and oxygen atoms in total. The van der Waals surface area contributed by atoms with E-state index in [1.807, 2.05) is 6.92 Å². The average molecular weight is 244 g/mol. The van der Waals surface area contributed by atoms with Crippen molar-refractivity contribution in [3.8, 4) is 5.75 Å². The summed E-state index contributed by atoms with van der Waals surface area (Å²) >= 11 is 0. The van der Waals surface area contributed by atoms with Gasteiger partial charge in [-0.25, -0.2) is 4.39 Å². The Hall–Kier alpha value is -2.16. The van der Waals surface area contributed by atoms with Crippen molar-refractivity contribution in [2.45, 2.75) is 13.3 Å². The molecule has 0 aromatic heterocycles. The molecule has 0 bridgehead atoms. The van der Waals surface area contributed by atoms with E-state index < -0.39 is 5.82 Å². The summed E-state index contributed by atoms with van der Waals surface area (Å²) in [7, 11) is 0. The molecule has 0 aliphatic rings. The fraction of sp³-hybridized carbons (Fsp3) is 0.133. The number of aromatic hydroxyl groups is 1. The van der Waals surface area contributed by atoms with E-state index in [0.29, 0.717) is 5.56 Å². The maximum Gasteiger partial charge on any atom is 0.170 e. The van der Waals surface area contributed by atoms with Gasteiger partial charge < -0.3 is 5.11 Å². The van der Waals surface area contributed by atoms with Gasteiger partial charge in [0.2, 0.25) is 0 Å². The number of rotatable bonds is 3. The number of carbonyl (C=O) groups is 1. The molecule has 0 aliphatic heterocycles. The predicted octanol–water partition coefficient (Wildman–Crippen LogP) is 3.27. The zero-order chi connectivity index (χ0) is 13.1. The van der Waals surface area contributed by atoms with Gasteiger partial charge >= 0.3 is 0 Å². The number of halogens is 1. The molecular formula is C15H13FO2. The van der Waals surface area contributed by atoms with Crippen molar-refractivity contribution in [2.75, 3.05) is 0 Å². The number of carbonyl (C=O) groups excluding carboxylic acids is 1. The molecule has 0 amide bonds. The standard InChI is InChI=1S/C15H13FO2/c1-10-6-7-14(17)11(8-10)9-15(18)12-4-2-3-5-13(12)16/h2-8,17H,9H2,1H3. The Kier molecular flexibility index (Phi) is 3.42. The quantitative estimate of drug-likeness (QED) is 0.841. The molecule has 0 spiro atoms. The summed E-state index contributed by atoms with van der Waals surface area (Å²) in [6, 6.07) is 10.9. The summed E-state index contributed by atoms with van der Waals surface area (Å²) in [5.41, 5.74) is 1.52. The lowest BCUT2D eigenvalue weighted by Gasteiger charge is -2.06. The Morgan fingerprint density at radius 3 is 2.67 bits per heavy atom. The summed E-state index contributed by atoms with van der Waals surface area (Å²) in [5.74, 6) is -0.811. The van der Waals surface area contributed by atoms with Crippen molar-refractivity contribution in [1.82, 2.24) is 0 Å². The van der Waals surface area contributed by atoms with E-state index in [9.17, 15) is 14.3 Å². The van der Waals surface area contributed by atoms with Crippen LogP contribution in [0.25, 0.3) is 0 Å². The van der Waals surface area contributed by atoms with Crippen LogP contribution in [0, 0.1) is 12.7 Å². The summed E-state index contributed by atoms with van der Waals surface area (Å²) in [6.07, 6.45) is -0.00551. The third-order valence-corrected chi connectivity index (χ3v) is 2.76. The molecule has 0 fully saturated rings. The van der Waals surface area contributed by atoms with Crippen molar-refractivity contribution < 1.29 is 14.3 Å². The zero-order valence-electron chi connectivity index (χ0n) is 9.98. The normalized spacial score (nSPS) is 10.3. The van der Waals surface area contributed by atoms with Crippen molar-refractivity contribution >= 4 is 5.78 Å². The van der Waals surface area contributed by atoms with Gasteiger partial charge in [-0.3, -0.25) is 4.79 Å². The van der Waals surface area contributed by atoms with Gasteiger partial charge in [-0.05, 0) is 25.1 Å². The highest BCUT2D eigenvalue weighted by atomic mass is 19.1. The lowest BCUT2D eigenvalue weighted by atomic mass is 10.0. The van der Waals surface area contributed by atoms with Crippen LogP contribution in [0.15, 0.2) is 42.5 Å². The van der Waals surface area contributed by atoms with Crippen LogP contribution in [0.5, 0.6) is 5.75 Å². The first-order chi connectivity index (χ1) is 8.58. The molecule has 0 heterocycles. The smallest absolute Gasteiger partial charge is 0.170 e. The first kappa shape index (κ1) is 12.3. The highest BCUT2D eigenvalue weighted by molar-refractivity contribution is 5.98. The number of Topliss-reactive ketones (excluding diaryl/α,β-unsaturated/α-hetero) is 1.